The second kappa shape index (κ2) is 44.9. The lowest BCUT2D eigenvalue weighted by atomic mass is 10.0. The smallest absolute Gasteiger partial charge is 0.326 e. The lowest BCUT2D eigenvalue weighted by Crippen LogP contribution is -2.40. The zero-order valence-electron chi connectivity index (χ0n) is 37.4. The maximum atomic E-state index is 12.8. The van der Waals surface area contributed by atoms with Gasteiger partial charge in [0.2, 0.25) is 5.91 Å². The van der Waals surface area contributed by atoms with E-state index in [1.807, 2.05) is 0 Å². The molecule has 0 aliphatic heterocycles. The number of rotatable bonds is 42. The molecule has 0 aromatic heterocycles. The molecule has 58 heavy (non-hydrogen) atoms. The van der Waals surface area contributed by atoms with Gasteiger partial charge < -0.3 is 20.9 Å². The summed E-state index contributed by atoms with van der Waals surface area (Å²) in [5, 5.41) is 12.0. The number of carboxylic acid groups (broad SMARTS) is 1. The fraction of sp³-hybridized carbons (Fsp3) is 0.706. The molecule has 0 heterocycles. The van der Waals surface area contributed by atoms with Crippen molar-refractivity contribution in [3.63, 3.8) is 0 Å². The zero-order valence-corrected chi connectivity index (χ0v) is 37.4. The van der Waals surface area contributed by atoms with Crippen LogP contribution >= 0.6 is 0 Å². The van der Waals surface area contributed by atoms with Gasteiger partial charge in [0.15, 0.2) is 0 Å². The standard InChI is InChI=1S/C51H88N2O5/c1-3-5-7-9-11-13-15-17-18-19-20-21-22-24-26-28-30-35-39-45-50(55)58-47(41-36-32-29-27-25-23-16-14-12-10-8-6-4-2)42-37-33-31-34-38-44-49(54)53-48(51(56)57)43-40-46-52/h5,7,11,13,16-18,20-21,23,27,29,47-48H,3-4,6,8-10,12,14-15,19,22,24-26,28,30-46,52H2,1-2H3,(H,53,54)(H,56,57)/b7-5-,13-11-,18-17-,21-20-,23-16-,29-27-. The maximum Gasteiger partial charge on any atom is 0.326 e. The van der Waals surface area contributed by atoms with Crippen molar-refractivity contribution in [2.24, 2.45) is 5.73 Å². The van der Waals surface area contributed by atoms with E-state index >= 15 is 0 Å². The van der Waals surface area contributed by atoms with Crippen LogP contribution in [-0.2, 0) is 19.1 Å². The first-order valence-corrected chi connectivity index (χ1v) is 23.8. The molecule has 7 heteroatoms. The Labute approximate surface area is 356 Å². The first-order chi connectivity index (χ1) is 28.4. The van der Waals surface area contributed by atoms with Crippen LogP contribution in [0.25, 0.3) is 0 Å². The predicted molar refractivity (Wildman–Crippen MR) is 248 cm³/mol. The molecule has 0 radical (unpaired) electrons. The summed E-state index contributed by atoms with van der Waals surface area (Å²) in [6.07, 6.45) is 58.0. The Balaban J connectivity index is 4.39. The van der Waals surface area contributed by atoms with Crippen LogP contribution < -0.4 is 11.1 Å². The summed E-state index contributed by atoms with van der Waals surface area (Å²) in [7, 11) is 0. The molecule has 0 saturated carbocycles. The Morgan fingerprint density at radius 2 is 0.966 bits per heavy atom. The number of allylic oxidation sites excluding steroid dienone is 12. The fourth-order valence-corrected chi connectivity index (χ4v) is 6.71. The Morgan fingerprint density at radius 1 is 0.517 bits per heavy atom. The van der Waals surface area contributed by atoms with Gasteiger partial charge >= 0.3 is 11.9 Å². The molecular formula is C51H88N2O5. The summed E-state index contributed by atoms with van der Waals surface area (Å²) in [5.41, 5.74) is 5.49. The molecule has 0 aromatic rings. The number of esters is 1. The van der Waals surface area contributed by atoms with Gasteiger partial charge in [-0.3, -0.25) is 9.59 Å². The molecule has 332 valence electrons. The number of hydrogen-bond acceptors (Lipinski definition) is 5. The molecule has 2 unspecified atom stereocenters. The molecule has 4 N–H and O–H groups in total. The van der Waals surface area contributed by atoms with Crippen LogP contribution in [0.5, 0.6) is 0 Å². The minimum absolute atomic E-state index is 0.0425. The Bertz CT molecular complexity index is 1140. The van der Waals surface area contributed by atoms with Gasteiger partial charge in [-0.05, 0) is 122 Å². The summed E-state index contributed by atoms with van der Waals surface area (Å²) in [6.45, 7) is 4.82. The normalized spacial score (nSPS) is 13.3. The molecule has 0 aliphatic carbocycles. The highest BCUT2D eigenvalue weighted by atomic mass is 16.5. The summed E-state index contributed by atoms with van der Waals surface area (Å²) in [6, 6.07) is -0.865. The van der Waals surface area contributed by atoms with Crippen LogP contribution in [0.2, 0.25) is 0 Å². The predicted octanol–water partition coefficient (Wildman–Crippen LogP) is 13.9. The summed E-state index contributed by atoms with van der Waals surface area (Å²) < 4.78 is 6.04. The van der Waals surface area contributed by atoms with E-state index < -0.39 is 12.0 Å². The van der Waals surface area contributed by atoms with E-state index in [1.165, 1.54) is 64.2 Å². The topological polar surface area (TPSA) is 119 Å². The van der Waals surface area contributed by atoms with Crippen LogP contribution in [0.15, 0.2) is 72.9 Å². The quantitative estimate of drug-likeness (QED) is 0.0321. The van der Waals surface area contributed by atoms with Crippen molar-refractivity contribution in [2.75, 3.05) is 6.54 Å². The number of ether oxygens (including phenoxy) is 1. The zero-order chi connectivity index (χ0) is 42.4. The van der Waals surface area contributed by atoms with Gasteiger partial charge in [0, 0.05) is 12.8 Å². The van der Waals surface area contributed by atoms with E-state index in [4.69, 9.17) is 10.5 Å². The van der Waals surface area contributed by atoms with Crippen molar-refractivity contribution < 1.29 is 24.2 Å². The number of nitrogens with one attached hydrogen (secondary N) is 1. The molecule has 1 amide bonds. The first-order valence-electron chi connectivity index (χ1n) is 23.8. The van der Waals surface area contributed by atoms with E-state index in [1.54, 1.807) is 0 Å². The largest absolute Gasteiger partial charge is 0.480 e. The molecule has 0 fully saturated rings. The fourth-order valence-electron chi connectivity index (χ4n) is 6.71. The molecule has 0 aliphatic rings. The number of carboxylic acids is 1. The van der Waals surface area contributed by atoms with Gasteiger partial charge in [0.05, 0.1) is 0 Å². The third-order valence-electron chi connectivity index (χ3n) is 10.3. The minimum atomic E-state index is -1.01. The maximum absolute atomic E-state index is 12.8. The van der Waals surface area contributed by atoms with Gasteiger partial charge in [-0.15, -0.1) is 0 Å². The number of unbranched alkanes of at least 4 members (excludes halogenated alkanes) is 16. The van der Waals surface area contributed by atoms with Crippen LogP contribution in [0.3, 0.4) is 0 Å². The SMILES string of the molecule is CC/C=C\C/C=C\C/C=C\C/C=C\CCCCCCCCC(=O)OC(CCC/C=C\C/C=C\CCCCCCC)CCCCCCCC(=O)NC(CCCN)C(=O)O. The van der Waals surface area contributed by atoms with E-state index in [9.17, 15) is 19.5 Å². The first kappa shape index (κ1) is 54.8. The Morgan fingerprint density at radius 3 is 1.50 bits per heavy atom. The van der Waals surface area contributed by atoms with Crippen molar-refractivity contribution >= 4 is 17.8 Å². The van der Waals surface area contributed by atoms with E-state index in [0.29, 0.717) is 32.2 Å². The van der Waals surface area contributed by atoms with E-state index in [2.05, 4.69) is 92.1 Å². The number of nitrogens with two attached hydrogens (primary N) is 1. The van der Waals surface area contributed by atoms with Crippen molar-refractivity contribution in [3.8, 4) is 0 Å². The number of carbonyl (C=O) groups is 3. The van der Waals surface area contributed by atoms with Gasteiger partial charge in [-0.2, -0.15) is 0 Å². The summed E-state index contributed by atoms with van der Waals surface area (Å²) >= 11 is 0. The van der Waals surface area contributed by atoms with Crippen LogP contribution in [0.4, 0.5) is 0 Å². The Hall–Kier alpha value is -3.19. The molecule has 0 rings (SSSR count). The monoisotopic (exact) mass is 809 g/mol. The van der Waals surface area contributed by atoms with E-state index in [-0.39, 0.29) is 18.0 Å². The average Bonchev–Trinajstić information content (AvgIpc) is 3.21. The average molecular weight is 809 g/mol. The molecule has 0 saturated heterocycles. The third-order valence-corrected chi connectivity index (χ3v) is 10.3. The van der Waals surface area contributed by atoms with Crippen molar-refractivity contribution in [1.29, 1.82) is 0 Å². The van der Waals surface area contributed by atoms with Gasteiger partial charge in [-0.1, -0.05) is 157 Å². The van der Waals surface area contributed by atoms with Crippen molar-refractivity contribution in [2.45, 2.75) is 225 Å². The highest BCUT2D eigenvalue weighted by Crippen LogP contribution is 2.18. The van der Waals surface area contributed by atoms with Gasteiger partial charge in [0.25, 0.3) is 0 Å². The second-order valence-electron chi connectivity index (χ2n) is 15.8. The molecule has 0 spiro atoms. The lowest BCUT2D eigenvalue weighted by molar-refractivity contribution is -0.150. The Kier molecular flexibility index (Phi) is 42.4. The minimum Gasteiger partial charge on any atom is -0.480 e. The summed E-state index contributed by atoms with van der Waals surface area (Å²) in [5.74, 6) is -1.28. The number of carbonyl (C=O) groups excluding carboxylic acids is 2. The number of hydrogen-bond donors (Lipinski definition) is 3. The molecular weight excluding hydrogens is 721 g/mol. The molecule has 0 bridgehead atoms. The third kappa shape index (κ3) is 41.0. The van der Waals surface area contributed by atoms with Crippen LogP contribution in [0.1, 0.15) is 213 Å². The molecule has 2 atom stereocenters. The van der Waals surface area contributed by atoms with Gasteiger partial charge in [0.1, 0.15) is 12.1 Å². The van der Waals surface area contributed by atoms with Crippen molar-refractivity contribution in [1.82, 2.24) is 5.32 Å². The lowest BCUT2D eigenvalue weighted by Gasteiger charge is -2.18. The highest BCUT2D eigenvalue weighted by Gasteiger charge is 2.19. The van der Waals surface area contributed by atoms with Crippen LogP contribution in [-0.4, -0.2) is 41.6 Å². The highest BCUT2D eigenvalue weighted by molar-refractivity contribution is 5.83. The molecule has 7 nitrogen and oxygen atoms in total. The van der Waals surface area contributed by atoms with Crippen molar-refractivity contribution in [3.05, 3.63) is 72.9 Å². The number of aliphatic carboxylic acids is 1. The summed E-state index contributed by atoms with van der Waals surface area (Å²) in [4.78, 5) is 36.5. The van der Waals surface area contributed by atoms with E-state index in [0.717, 1.165) is 109 Å². The van der Waals surface area contributed by atoms with Crippen LogP contribution in [0, 0.1) is 0 Å². The number of amides is 1. The van der Waals surface area contributed by atoms with Gasteiger partial charge in [-0.25, -0.2) is 4.79 Å². The molecule has 0 aromatic carbocycles. The second-order valence-corrected chi connectivity index (χ2v) is 15.8.